The molecule has 0 saturated carbocycles. The summed E-state index contributed by atoms with van der Waals surface area (Å²) in [5, 5.41) is 4.63. The highest BCUT2D eigenvalue weighted by molar-refractivity contribution is 7.99. The number of thioether (sulfide) groups is 1. The van der Waals surface area contributed by atoms with E-state index in [1.807, 2.05) is 68.4 Å². The molecular formula is C28H29Cl3N2O2S. The molecule has 3 aromatic carbocycles. The van der Waals surface area contributed by atoms with Crippen LogP contribution in [0.2, 0.25) is 15.1 Å². The van der Waals surface area contributed by atoms with Gasteiger partial charge in [0.15, 0.2) is 0 Å². The number of nitrogens with one attached hydrogen (secondary N) is 1. The van der Waals surface area contributed by atoms with Crippen molar-refractivity contribution >= 4 is 58.4 Å². The first-order valence-electron chi connectivity index (χ1n) is 11.7. The molecule has 3 rings (SSSR count). The smallest absolute Gasteiger partial charge is 0.243 e. The third-order valence-electron chi connectivity index (χ3n) is 5.46. The van der Waals surface area contributed by atoms with Crippen LogP contribution in [0.4, 0.5) is 0 Å². The van der Waals surface area contributed by atoms with Crippen molar-refractivity contribution in [1.82, 2.24) is 10.2 Å². The van der Waals surface area contributed by atoms with Gasteiger partial charge in [-0.05, 0) is 61.4 Å². The molecular weight excluding hydrogens is 535 g/mol. The first-order valence-corrected chi connectivity index (χ1v) is 13.8. The van der Waals surface area contributed by atoms with E-state index in [0.717, 1.165) is 16.0 Å². The van der Waals surface area contributed by atoms with Gasteiger partial charge in [-0.1, -0.05) is 71.2 Å². The highest BCUT2D eigenvalue weighted by Crippen LogP contribution is 2.26. The fraction of sp³-hybridized carbons (Fsp3) is 0.286. The Kier molecular flexibility index (Phi) is 11.0. The molecule has 0 saturated heterocycles. The minimum absolute atomic E-state index is 0.0627. The predicted molar refractivity (Wildman–Crippen MR) is 151 cm³/mol. The van der Waals surface area contributed by atoms with Crippen LogP contribution in [0.5, 0.6) is 0 Å². The molecule has 36 heavy (non-hydrogen) atoms. The van der Waals surface area contributed by atoms with E-state index in [1.54, 1.807) is 34.9 Å². The van der Waals surface area contributed by atoms with Crippen LogP contribution in [-0.4, -0.2) is 34.6 Å². The molecule has 0 heterocycles. The summed E-state index contributed by atoms with van der Waals surface area (Å²) in [6, 6.07) is 21.6. The number of rotatable bonds is 11. The standard InChI is InChI=1S/C28H29Cl3N2O2S/c1-19(2)32-28(35)26(16-20-6-4-3-5-7-20)33(18-21-8-9-23(30)17-25(21)31)27(34)14-15-36-24-12-10-22(29)11-13-24/h3-13,17,19,26H,14-16,18H2,1-2H3,(H,32,35). The molecule has 0 fully saturated rings. The van der Waals surface area contributed by atoms with Crippen LogP contribution in [0, 0.1) is 0 Å². The van der Waals surface area contributed by atoms with Crippen molar-refractivity contribution in [3.05, 3.63) is 99.0 Å². The summed E-state index contributed by atoms with van der Waals surface area (Å²) in [6.45, 7) is 4.01. The van der Waals surface area contributed by atoms with Crippen molar-refractivity contribution in [3.63, 3.8) is 0 Å². The number of hydrogen-bond donors (Lipinski definition) is 1. The quantitative estimate of drug-likeness (QED) is 0.249. The van der Waals surface area contributed by atoms with E-state index in [0.29, 0.717) is 27.2 Å². The highest BCUT2D eigenvalue weighted by atomic mass is 35.5. The van der Waals surface area contributed by atoms with E-state index in [1.165, 1.54) is 0 Å². The molecule has 0 aromatic heterocycles. The molecule has 0 aliphatic carbocycles. The third kappa shape index (κ3) is 8.74. The van der Waals surface area contributed by atoms with Gasteiger partial charge in [-0.15, -0.1) is 11.8 Å². The summed E-state index contributed by atoms with van der Waals surface area (Å²) in [4.78, 5) is 29.7. The molecule has 0 spiro atoms. The zero-order chi connectivity index (χ0) is 26.1. The van der Waals surface area contributed by atoms with Gasteiger partial charge in [0.2, 0.25) is 11.8 Å². The van der Waals surface area contributed by atoms with E-state index < -0.39 is 6.04 Å². The zero-order valence-electron chi connectivity index (χ0n) is 20.2. The molecule has 0 aliphatic heterocycles. The Hall–Kier alpha value is -2.18. The normalized spacial score (nSPS) is 11.8. The van der Waals surface area contributed by atoms with Gasteiger partial charge in [0.25, 0.3) is 0 Å². The van der Waals surface area contributed by atoms with Crippen LogP contribution < -0.4 is 5.32 Å². The molecule has 8 heteroatoms. The monoisotopic (exact) mass is 562 g/mol. The zero-order valence-corrected chi connectivity index (χ0v) is 23.3. The van der Waals surface area contributed by atoms with Gasteiger partial charge in [0.05, 0.1) is 0 Å². The second-order valence-electron chi connectivity index (χ2n) is 8.68. The maximum absolute atomic E-state index is 13.6. The SMILES string of the molecule is CC(C)NC(=O)C(Cc1ccccc1)N(Cc1ccc(Cl)cc1Cl)C(=O)CCSc1ccc(Cl)cc1. The predicted octanol–water partition coefficient (Wildman–Crippen LogP) is 7.29. The number of carbonyl (C=O) groups is 2. The van der Waals surface area contributed by atoms with E-state index in [2.05, 4.69) is 5.32 Å². The lowest BCUT2D eigenvalue weighted by Crippen LogP contribution is -2.51. The molecule has 0 radical (unpaired) electrons. The van der Waals surface area contributed by atoms with Gasteiger partial charge >= 0.3 is 0 Å². The Bertz CT molecular complexity index is 1160. The maximum Gasteiger partial charge on any atom is 0.243 e. The summed E-state index contributed by atoms with van der Waals surface area (Å²) in [7, 11) is 0. The van der Waals surface area contributed by atoms with Crippen LogP contribution >= 0.6 is 46.6 Å². The Morgan fingerprint density at radius 2 is 1.58 bits per heavy atom. The Labute approximate surface area is 232 Å². The van der Waals surface area contributed by atoms with Crippen molar-refractivity contribution < 1.29 is 9.59 Å². The minimum Gasteiger partial charge on any atom is -0.352 e. The van der Waals surface area contributed by atoms with Crippen molar-refractivity contribution in [2.75, 3.05) is 5.75 Å². The van der Waals surface area contributed by atoms with Crippen molar-refractivity contribution in [2.24, 2.45) is 0 Å². The second-order valence-corrected chi connectivity index (χ2v) is 11.1. The number of nitrogens with zero attached hydrogens (tertiary/aromatic N) is 1. The summed E-state index contributed by atoms with van der Waals surface area (Å²) < 4.78 is 0. The van der Waals surface area contributed by atoms with Crippen LogP contribution in [0.3, 0.4) is 0 Å². The summed E-state index contributed by atoms with van der Waals surface area (Å²) in [6.07, 6.45) is 0.652. The Morgan fingerprint density at radius 3 is 2.22 bits per heavy atom. The molecule has 2 amide bonds. The molecule has 3 aromatic rings. The maximum atomic E-state index is 13.6. The largest absolute Gasteiger partial charge is 0.352 e. The molecule has 190 valence electrons. The summed E-state index contributed by atoms with van der Waals surface area (Å²) in [5.41, 5.74) is 1.70. The molecule has 1 unspecified atom stereocenters. The van der Waals surface area contributed by atoms with Crippen molar-refractivity contribution in [2.45, 2.75) is 50.2 Å². The molecule has 0 aliphatic rings. The van der Waals surface area contributed by atoms with Gasteiger partial charge in [0, 0.05) is 51.1 Å². The van der Waals surface area contributed by atoms with Crippen LogP contribution in [0.25, 0.3) is 0 Å². The number of hydrogen-bond acceptors (Lipinski definition) is 3. The van der Waals surface area contributed by atoms with Gasteiger partial charge < -0.3 is 10.2 Å². The lowest BCUT2D eigenvalue weighted by atomic mass is 10.0. The molecule has 1 N–H and O–H groups in total. The van der Waals surface area contributed by atoms with Crippen LogP contribution in [0.1, 0.15) is 31.4 Å². The van der Waals surface area contributed by atoms with E-state index in [4.69, 9.17) is 34.8 Å². The fourth-order valence-electron chi connectivity index (χ4n) is 3.70. The fourth-order valence-corrected chi connectivity index (χ4v) is 5.13. The third-order valence-corrected chi connectivity index (χ3v) is 7.31. The van der Waals surface area contributed by atoms with Crippen LogP contribution in [-0.2, 0) is 22.6 Å². The minimum atomic E-state index is -0.699. The summed E-state index contributed by atoms with van der Waals surface area (Å²) >= 11 is 20.1. The van der Waals surface area contributed by atoms with Gasteiger partial charge in [0.1, 0.15) is 6.04 Å². The van der Waals surface area contributed by atoms with E-state index >= 15 is 0 Å². The van der Waals surface area contributed by atoms with E-state index in [9.17, 15) is 9.59 Å². The first-order chi connectivity index (χ1) is 17.2. The molecule has 4 nitrogen and oxygen atoms in total. The second kappa shape index (κ2) is 13.9. The number of amides is 2. The van der Waals surface area contributed by atoms with Gasteiger partial charge in [-0.3, -0.25) is 9.59 Å². The van der Waals surface area contributed by atoms with Gasteiger partial charge in [-0.25, -0.2) is 0 Å². The number of halogens is 3. The Balaban J connectivity index is 1.87. The summed E-state index contributed by atoms with van der Waals surface area (Å²) in [5.74, 6) is 0.245. The Morgan fingerprint density at radius 1 is 0.917 bits per heavy atom. The average molecular weight is 564 g/mol. The van der Waals surface area contributed by atoms with Crippen LogP contribution in [0.15, 0.2) is 77.7 Å². The van der Waals surface area contributed by atoms with E-state index in [-0.39, 0.29) is 30.8 Å². The van der Waals surface area contributed by atoms with Crippen molar-refractivity contribution in [1.29, 1.82) is 0 Å². The molecule has 0 bridgehead atoms. The average Bonchev–Trinajstić information content (AvgIpc) is 2.84. The number of benzene rings is 3. The lowest BCUT2D eigenvalue weighted by Gasteiger charge is -2.32. The molecule has 1 atom stereocenters. The topological polar surface area (TPSA) is 49.4 Å². The van der Waals surface area contributed by atoms with Crippen molar-refractivity contribution in [3.8, 4) is 0 Å². The highest BCUT2D eigenvalue weighted by Gasteiger charge is 2.31. The first kappa shape index (κ1) is 28.4. The lowest BCUT2D eigenvalue weighted by molar-refractivity contribution is -0.141. The van der Waals surface area contributed by atoms with Gasteiger partial charge in [-0.2, -0.15) is 0 Å². The number of carbonyl (C=O) groups excluding carboxylic acids is 2.